The first-order valence-electron chi connectivity index (χ1n) is 11.5. The van der Waals surface area contributed by atoms with Gasteiger partial charge in [-0.3, -0.25) is 18.6 Å². The number of rotatable bonds is 6. The van der Waals surface area contributed by atoms with Crippen LogP contribution in [0.2, 0.25) is 0 Å². The van der Waals surface area contributed by atoms with Crippen LogP contribution >= 0.6 is 22.1 Å². The van der Waals surface area contributed by atoms with Crippen LogP contribution in [0.1, 0.15) is 31.4 Å². The predicted octanol–water partition coefficient (Wildman–Crippen LogP) is 5.44. The zero-order valence-corrected chi connectivity index (χ0v) is 21.2. The number of likely N-dealkylation sites (tertiary alicyclic amines) is 1. The Morgan fingerprint density at radius 1 is 1.17 bits per heavy atom. The minimum atomic E-state index is -3.28. The van der Waals surface area contributed by atoms with Gasteiger partial charge >= 0.3 is 0 Å². The molecule has 190 valence electrons. The highest BCUT2D eigenvalue weighted by Crippen LogP contribution is 2.48. The van der Waals surface area contributed by atoms with Crippen molar-refractivity contribution < 1.29 is 23.4 Å². The van der Waals surface area contributed by atoms with Gasteiger partial charge in [0.25, 0.3) is 0 Å². The first kappa shape index (κ1) is 24.7. The average molecular weight is 531 g/mol. The third kappa shape index (κ3) is 4.60. The van der Waals surface area contributed by atoms with Crippen LogP contribution in [-0.2, 0) is 10.4 Å². The number of fused-ring (bicyclic) bond motifs is 1. The molecule has 8 nitrogen and oxygen atoms in total. The van der Waals surface area contributed by atoms with Gasteiger partial charge in [0.15, 0.2) is 0 Å². The fraction of sp³-hybridized carbons (Fsp3) is 0.280. The minimum Gasteiger partial charge on any atom is -0.385 e. The fourth-order valence-corrected chi connectivity index (χ4v) is 6.51. The van der Waals surface area contributed by atoms with Crippen LogP contribution in [0.3, 0.4) is 0 Å². The number of nitrogens with zero attached hydrogens (tertiary/aromatic N) is 3. The topological polar surface area (TPSA) is 111 Å². The Morgan fingerprint density at radius 2 is 1.89 bits per heavy atom. The van der Waals surface area contributed by atoms with Crippen LogP contribution in [0.5, 0.6) is 0 Å². The summed E-state index contributed by atoms with van der Waals surface area (Å²) >= 11 is 1.26. The quantitative estimate of drug-likeness (QED) is 0.264. The molecule has 0 radical (unpaired) electrons. The molecule has 2 aromatic heterocycles. The number of hydrogen-bond acceptors (Lipinski definition) is 7. The summed E-state index contributed by atoms with van der Waals surface area (Å²) in [5.74, 6) is -0.406. The molecule has 1 atom stereocenters. The van der Waals surface area contributed by atoms with E-state index in [1.165, 1.54) is 17.4 Å². The highest BCUT2D eigenvalue weighted by molar-refractivity contribution is 8.25. The number of benzene rings is 2. The molecule has 4 N–H and O–H groups in total. The number of anilines is 1. The summed E-state index contributed by atoms with van der Waals surface area (Å²) in [4.78, 5) is 19.3. The van der Waals surface area contributed by atoms with Crippen molar-refractivity contribution in [2.45, 2.75) is 36.3 Å². The molecule has 3 heterocycles. The Bertz CT molecular complexity index is 1370. The number of halogens is 1. The molecule has 0 aliphatic carbocycles. The smallest absolute Gasteiger partial charge is 0.245 e. The van der Waals surface area contributed by atoms with Crippen LogP contribution < -0.4 is 4.72 Å². The zero-order chi connectivity index (χ0) is 25.5. The highest BCUT2D eigenvalue weighted by Gasteiger charge is 2.37. The van der Waals surface area contributed by atoms with E-state index < -0.39 is 22.4 Å². The molecular weight excluding hydrogens is 503 g/mol. The number of amides is 1. The Hall–Kier alpha value is -2.96. The molecule has 36 heavy (non-hydrogen) atoms. The molecule has 0 unspecified atom stereocenters. The monoisotopic (exact) mass is 530 g/mol. The lowest BCUT2D eigenvalue weighted by Gasteiger charge is -2.40. The molecule has 1 aliphatic heterocycles. The summed E-state index contributed by atoms with van der Waals surface area (Å²) in [7, 11) is -3.28. The molecule has 1 fully saturated rings. The number of hydrogen-bond donors (Lipinski definition) is 4. The maximum Gasteiger partial charge on any atom is 0.245 e. The van der Waals surface area contributed by atoms with Gasteiger partial charge in [-0.15, -0.1) is 11.3 Å². The van der Waals surface area contributed by atoms with E-state index in [0.717, 1.165) is 0 Å². The Labute approximate surface area is 213 Å². The summed E-state index contributed by atoms with van der Waals surface area (Å²) < 4.78 is 39.5. The molecule has 1 amide bonds. The van der Waals surface area contributed by atoms with E-state index in [1.807, 2.05) is 0 Å². The number of aromatic nitrogens is 2. The highest BCUT2D eigenvalue weighted by atomic mass is 32.3. The largest absolute Gasteiger partial charge is 0.385 e. The molecule has 0 saturated carbocycles. The molecule has 0 bridgehead atoms. The SMILES string of the molecule is C[C@H](C(=O)N1CCC(O)(c2ccc(S(O)(O)Nc3nccs3)cc2)CC1)n1ccc2c(F)cccc21. The van der Waals surface area contributed by atoms with Crippen molar-refractivity contribution in [2.24, 2.45) is 0 Å². The van der Waals surface area contributed by atoms with E-state index >= 15 is 0 Å². The molecule has 5 rings (SSSR count). The maximum absolute atomic E-state index is 14.1. The fourth-order valence-electron chi connectivity index (χ4n) is 4.67. The summed E-state index contributed by atoms with van der Waals surface area (Å²) in [6.45, 7) is 2.54. The Kier molecular flexibility index (Phi) is 6.52. The van der Waals surface area contributed by atoms with Crippen molar-refractivity contribution in [3.63, 3.8) is 0 Å². The van der Waals surface area contributed by atoms with Crippen molar-refractivity contribution in [3.05, 3.63) is 77.7 Å². The van der Waals surface area contributed by atoms with E-state index in [2.05, 4.69) is 9.71 Å². The molecule has 2 aromatic carbocycles. The van der Waals surface area contributed by atoms with E-state index in [0.29, 0.717) is 52.4 Å². The first-order valence-corrected chi connectivity index (χ1v) is 13.9. The van der Waals surface area contributed by atoms with Gasteiger partial charge in [-0.05, 0) is 55.7 Å². The van der Waals surface area contributed by atoms with E-state index in [9.17, 15) is 23.4 Å². The molecule has 4 aromatic rings. The van der Waals surface area contributed by atoms with Crippen LogP contribution in [0.25, 0.3) is 10.9 Å². The van der Waals surface area contributed by atoms with Gasteiger partial charge < -0.3 is 14.6 Å². The summed E-state index contributed by atoms with van der Waals surface area (Å²) in [5.41, 5.74) is 0.190. The number of nitrogens with one attached hydrogen (secondary N) is 1. The van der Waals surface area contributed by atoms with Crippen LogP contribution in [0, 0.1) is 5.82 Å². The molecule has 11 heteroatoms. The van der Waals surface area contributed by atoms with Crippen molar-refractivity contribution in [2.75, 3.05) is 17.8 Å². The van der Waals surface area contributed by atoms with Gasteiger partial charge in [0.2, 0.25) is 11.0 Å². The average Bonchev–Trinajstić information content (AvgIpc) is 3.54. The van der Waals surface area contributed by atoms with Crippen LogP contribution in [-0.4, -0.2) is 47.7 Å². The third-order valence-corrected chi connectivity index (χ3v) is 8.99. The Morgan fingerprint density at radius 3 is 2.56 bits per heavy atom. The van der Waals surface area contributed by atoms with Gasteiger partial charge in [0, 0.05) is 36.2 Å². The molecule has 1 aliphatic rings. The second-order valence-electron chi connectivity index (χ2n) is 8.94. The van der Waals surface area contributed by atoms with Gasteiger partial charge in [-0.1, -0.05) is 29.0 Å². The first-order chi connectivity index (χ1) is 17.2. The third-order valence-electron chi connectivity index (χ3n) is 6.77. The summed E-state index contributed by atoms with van der Waals surface area (Å²) in [5, 5.41) is 13.9. The second kappa shape index (κ2) is 9.49. The van der Waals surface area contributed by atoms with Gasteiger partial charge in [-0.2, -0.15) is 0 Å². The maximum atomic E-state index is 14.1. The zero-order valence-electron chi connectivity index (χ0n) is 19.5. The lowest BCUT2D eigenvalue weighted by atomic mass is 9.84. The summed E-state index contributed by atoms with van der Waals surface area (Å²) in [6, 6.07) is 12.5. The van der Waals surface area contributed by atoms with E-state index in [1.54, 1.807) is 76.6 Å². The Balaban J connectivity index is 1.25. The number of aliphatic hydroxyl groups is 1. The molecule has 0 spiro atoms. The van der Waals surface area contributed by atoms with E-state index in [4.69, 9.17) is 0 Å². The van der Waals surface area contributed by atoms with E-state index in [-0.39, 0.29) is 11.7 Å². The van der Waals surface area contributed by atoms with Crippen LogP contribution in [0.15, 0.2) is 71.2 Å². The van der Waals surface area contributed by atoms with Gasteiger partial charge in [-0.25, -0.2) is 9.37 Å². The summed E-state index contributed by atoms with van der Waals surface area (Å²) in [6.07, 6.45) is 3.99. The van der Waals surface area contributed by atoms with Crippen molar-refractivity contribution in [1.29, 1.82) is 0 Å². The van der Waals surface area contributed by atoms with Crippen molar-refractivity contribution >= 4 is 44.1 Å². The number of piperidine rings is 1. The lowest BCUT2D eigenvalue weighted by molar-refractivity contribution is -0.138. The number of carbonyl (C=O) groups excluding carboxylic acids is 1. The molecular formula is C25H27FN4O4S2. The van der Waals surface area contributed by atoms with Crippen molar-refractivity contribution in [1.82, 2.24) is 14.5 Å². The minimum absolute atomic E-state index is 0.0867. The number of thiazole rings is 1. The predicted molar refractivity (Wildman–Crippen MR) is 140 cm³/mol. The van der Waals surface area contributed by atoms with Crippen LogP contribution in [0.4, 0.5) is 9.52 Å². The second-order valence-corrected chi connectivity index (χ2v) is 11.6. The normalized spacial score (nSPS) is 17.2. The van der Waals surface area contributed by atoms with Crippen molar-refractivity contribution in [3.8, 4) is 0 Å². The van der Waals surface area contributed by atoms with Gasteiger partial charge in [0.05, 0.1) is 16.0 Å². The van der Waals surface area contributed by atoms with Gasteiger partial charge in [0.1, 0.15) is 11.9 Å². The number of carbonyl (C=O) groups is 1. The standard InChI is InChI=1S/C25H27FN4O4S2/c1-17(30-13-9-20-21(26)3-2-4-22(20)30)23(31)29-14-10-25(32,11-15-29)18-5-7-19(8-6-18)36(33,34)28-24-27-12-16-35-24/h2-9,12-13,16-17,32-34H,10-11,14-15H2,1H3,(H,27,28)/t17-/m1/s1. The molecule has 1 saturated heterocycles. The lowest BCUT2D eigenvalue weighted by Crippen LogP contribution is -2.47.